The minimum atomic E-state index is -0.293. The first-order chi connectivity index (χ1) is 13.6. The number of anilines is 1. The Bertz CT molecular complexity index is 922. The number of hydrogen-bond donors (Lipinski definition) is 1. The standard InChI is InChI=1S/C23H21NO3S/c1-17-7-9-18(10-8-17)15-28-16-22(25)27-21-13-11-20(12-14-21)24-23(26)19-5-3-2-4-6-19/h2-14H,15-16H2,1H3,(H,24,26). The summed E-state index contributed by atoms with van der Waals surface area (Å²) in [5.41, 5.74) is 3.63. The minimum absolute atomic E-state index is 0.183. The number of ether oxygens (including phenoxy) is 1. The Morgan fingerprint density at radius 1 is 0.893 bits per heavy atom. The molecule has 3 rings (SSSR count). The molecule has 0 radical (unpaired) electrons. The lowest BCUT2D eigenvalue weighted by Gasteiger charge is -2.07. The molecule has 0 atom stereocenters. The van der Waals surface area contributed by atoms with E-state index >= 15 is 0 Å². The fourth-order valence-electron chi connectivity index (χ4n) is 2.50. The van der Waals surface area contributed by atoms with E-state index in [1.807, 2.05) is 25.1 Å². The van der Waals surface area contributed by atoms with Gasteiger partial charge in [0.2, 0.25) is 0 Å². The molecular weight excluding hydrogens is 370 g/mol. The first-order valence-electron chi connectivity index (χ1n) is 8.90. The van der Waals surface area contributed by atoms with Crippen LogP contribution in [0.5, 0.6) is 5.75 Å². The molecule has 1 amide bonds. The van der Waals surface area contributed by atoms with E-state index in [4.69, 9.17) is 4.74 Å². The largest absolute Gasteiger partial charge is 0.426 e. The number of rotatable bonds is 7. The molecule has 0 unspecified atom stereocenters. The van der Waals surface area contributed by atoms with E-state index in [-0.39, 0.29) is 17.6 Å². The average molecular weight is 391 g/mol. The maximum atomic E-state index is 12.1. The number of carbonyl (C=O) groups excluding carboxylic acids is 2. The third kappa shape index (κ3) is 5.99. The van der Waals surface area contributed by atoms with E-state index in [1.54, 1.807) is 36.4 Å². The first kappa shape index (κ1) is 19.7. The van der Waals surface area contributed by atoms with Crippen LogP contribution in [-0.2, 0) is 10.5 Å². The van der Waals surface area contributed by atoms with E-state index in [1.165, 1.54) is 22.9 Å². The molecular formula is C23H21NO3S. The van der Waals surface area contributed by atoms with Gasteiger partial charge in [0.25, 0.3) is 5.91 Å². The second kappa shape index (κ2) is 9.76. The maximum absolute atomic E-state index is 12.1. The van der Waals surface area contributed by atoms with Crippen LogP contribution in [0.2, 0.25) is 0 Å². The molecule has 0 heterocycles. The molecule has 0 spiro atoms. The second-order valence-electron chi connectivity index (χ2n) is 6.30. The molecule has 4 nitrogen and oxygen atoms in total. The number of aryl methyl sites for hydroxylation is 1. The summed E-state index contributed by atoms with van der Waals surface area (Å²) in [5.74, 6) is 1.02. The SMILES string of the molecule is Cc1ccc(CSCC(=O)Oc2ccc(NC(=O)c3ccccc3)cc2)cc1. The number of esters is 1. The van der Waals surface area contributed by atoms with Gasteiger partial charge in [-0.15, -0.1) is 11.8 Å². The molecule has 5 heteroatoms. The first-order valence-corrected chi connectivity index (χ1v) is 10.1. The van der Waals surface area contributed by atoms with Gasteiger partial charge in [0, 0.05) is 17.0 Å². The van der Waals surface area contributed by atoms with Crippen molar-refractivity contribution < 1.29 is 14.3 Å². The van der Waals surface area contributed by atoms with Gasteiger partial charge in [-0.1, -0.05) is 48.0 Å². The third-order valence-electron chi connectivity index (χ3n) is 3.99. The van der Waals surface area contributed by atoms with Gasteiger partial charge in [0.05, 0.1) is 5.75 Å². The van der Waals surface area contributed by atoms with Crippen molar-refractivity contribution in [3.63, 3.8) is 0 Å². The molecule has 0 bridgehead atoms. The molecule has 142 valence electrons. The monoisotopic (exact) mass is 391 g/mol. The topological polar surface area (TPSA) is 55.4 Å². The summed E-state index contributed by atoms with van der Waals surface area (Å²) in [6, 6.07) is 24.0. The molecule has 1 N–H and O–H groups in total. The normalized spacial score (nSPS) is 10.3. The Morgan fingerprint density at radius 2 is 1.57 bits per heavy atom. The van der Waals surface area contributed by atoms with Gasteiger partial charge >= 0.3 is 5.97 Å². The van der Waals surface area contributed by atoms with Gasteiger partial charge in [0.15, 0.2) is 0 Å². The van der Waals surface area contributed by atoms with Crippen molar-refractivity contribution in [1.29, 1.82) is 0 Å². The fraction of sp³-hybridized carbons (Fsp3) is 0.130. The summed E-state index contributed by atoms with van der Waals surface area (Å²) in [7, 11) is 0. The van der Waals surface area contributed by atoms with Crippen LogP contribution < -0.4 is 10.1 Å². The van der Waals surface area contributed by atoms with E-state index < -0.39 is 0 Å². The van der Waals surface area contributed by atoms with Crippen LogP contribution in [0.4, 0.5) is 5.69 Å². The van der Waals surface area contributed by atoms with Crippen molar-refractivity contribution in [2.75, 3.05) is 11.1 Å². The van der Waals surface area contributed by atoms with Gasteiger partial charge in [-0.2, -0.15) is 0 Å². The van der Waals surface area contributed by atoms with Gasteiger partial charge in [0.1, 0.15) is 5.75 Å². The Labute approximate surface area is 168 Å². The highest BCUT2D eigenvalue weighted by Gasteiger charge is 2.08. The maximum Gasteiger partial charge on any atom is 0.321 e. The fourth-order valence-corrected chi connectivity index (χ4v) is 3.25. The predicted molar refractivity (Wildman–Crippen MR) is 114 cm³/mol. The highest BCUT2D eigenvalue weighted by atomic mass is 32.2. The zero-order chi connectivity index (χ0) is 19.8. The number of nitrogens with one attached hydrogen (secondary N) is 1. The second-order valence-corrected chi connectivity index (χ2v) is 7.28. The van der Waals surface area contributed by atoms with E-state index in [2.05, 4.69) is 29.6 Å². The Kier molecular flexibility index (Phi) is 6.87. The van der Waals surface area contributed by atoms with Crippen LogP contribution in [-0.4, -0.2) is 17.6 Å². The summed E-state index contributed by atoms with van der Waals surface area (Å²) >= 11 is 1.52. The summed E-state index contributed by atoms with van der Waals surface area (Å²) in [6.45, 7) is 2.05. The number of amides is 1. The van der Waals surface area contributed by atoms with Gasteiger partial charge in [-0.05, 0) is 48.9 Å². The van der Waals surface area contributed by atoms with Gasteiger partial charge < -0.3 is 10.1 Å². The lowest BCUT2D eigenvalue weighted by molar-refractivity contribution is -0.131. The Balaban J connectivity index is 1.45. The molecule has 0 aliphatic heterocycles. The number of thioether (sulfide) groups is 1. The summed E-state index contributed by atoms with van der Waals surface area (Å²) in [6.07, 6.45) is 0. The number of carbonyl (C=O) groups is 2. The molecule has 0 aromatic heterocycles. The smallest absolute Gasteiger partial charge is 0.321 e. The Morgan fingerprint density at radius 3 is 2.25 bits per heavy atom. The molecule has 28 heavy (non-hydrogen) atoms. The van der Waals surface area contributed by atoms with Gasteiger partial charge in [-0.3, -0.25) is 9.59 Å². The molecule has 3 aromatic carbocycles. The lowest BCUT2D eigenvalue weighted by Crippen LogP contribution is -2.12. The highest BCUT2D eigenvalue weighted by Crippen LogP contribution is 2.18. The van der Waals surface area contributed by atoms with Crippen LogP contribution in [0.3, 0.4) is 0 Å². The summed E-state index contributed by atoms with van der Waals surface area (Å²) < 4.78 is 5.34. The van der Waals surface area contributed by atoms with Crippen molar-refractivity contribution in [2.45, 2.75) is 12.7 Å². The zero-order valence-corrected chi connectivity index (χ0v) is 16.4. The van der Waals surface area contributed by atoms with Crippen LogP contribution in [0.25, 0.3) is 0 Å². The van der Waals surface area contributed by atoms with Gasteiger partial charge in [-0.25, -0.2) is 0 Å². The van der Waals surface area contributed by atoms with E-state index in [9.17, 15) is 9.59 Å². The Hall–Kier alpha value is -3.05. The van der Waals surface area contributed by atoms with Crippen LogP contribution in [0.15, 0.2) is 78.9 Å². The molecule has 0 saturated carbocycles. The lowest BCUT2D eigenvalue weighted by atomic mass is 10.2. The summed E-state index contributed by atoms with van der Waals surface area (Å²) in [4.78, 5) is 24.1. The zero-order valence-electron chi connectivity index (χ0n) is 15.6. The summed E-state index contributed by atoms with van der Waals surface area (Å²) in [5, 5.41) is 2.81. The minimum Gasteiger partial charge on any atom is -0.426 e. The van der Waals surface area contributed by atoms with Crippen LogP contribution in [0.1, 0.15) is 21.5 Å². The number of benzene rings is 3. The van der Waals surface area contributed by atoms with Crippen LogP contribution >= 0.6 is 11.8 Å². The average Bonchev–Trinajstić information content (AvgIpc) is 2.71. The molecule has 0 aliphatic rings. The van der Waals surface area contributed by atoms with Crippen molar-refractivity contribution >= 4 is 29.3 Å². The van der Waals surface area contributed by atoms with E-state index in [0.717, 1.165) is 5.75 Å². The van der Waals surface area contributed by atoms with Crippen molar-refractivity contribution in [2.24, 2.45) is 0 Å². The van der Waals surface area contributed by atoms with Crippen molar-refractivity contribution in [3.05, 3.63) is 95.6 Å². The molecule has 0 aliphatic carbocycles. The van der Waals surface area contributed by atoms with Crippen molar-refractivity contribution in [1.82, 2.24) is 0 Å². The van der Waals surface area contributed by atoms with Crippen molar-refractivity contribution in [3.8, 4) is 5.75 Å². The number of hydrogen-bond acceptors (Lipinski definition) is 4. The third-order valence-corrected chi connectivity index (χ3v) is 4.97. The molecule has 0 fully saturated rings. The van der Waals surface area contributed by atoms with E-state index in [0.29, 0.717) is 17.0 Å². The highest BCUT2D eigenvalue weighted by molar-refractivity contribution is 7.99. The molecule has 3 aromatic rings. The predicted octanol–water partition coefficient (Wildman–Crippen LogP) is 5.09. The molecule has 0 saturated heterocycles. The quantitative estimate of drug-likeness (QED) is 0.450. The van der Waals surface area contributed by atoms with Crippen LogP contribution in [0, 0.1) is 6.92 Å².